The summed E-state index contributed by atoms with van der Waals surface area (Å²) in [5.74, 6) is 1.45. The maximum absolute atomic E-state index is 12.4. The van der Waals surface area contributed by atoms with Crippen LogP contribution in [0.1, 0.15) is 32.8 Å². The molecular weight excluding hydrogens is 466 g/mol. The summed E-state index contributed by atoms with van der Waals surface area (Å²) in [7, 11) is 0. The number of rotatable bonds is 3. The predicted molar refractivity (Wildman–Crippen MR) is 123 cm³/mol. The maximum Gasteiger partial charge on any atom is 0.410 e. The van der Waals surface area contributed by atoms with E-state index in [1.54, 1.807) is 28.6 Å². The van der Waals surface area contributed by atoms with Gasteiger partial charge in [-0.2, -0.15) is 0 Å². The molecule has 30 heavy (non-hydrogen) atoms. The van der Waals surface area contributed by atoms with Gasteiger partial charge in [0.25, 0.3) is 0 Å². The summed E-state index contributed by atoms with van der Waals surface area (Å²) < 4.78 is 7.56. The Hall–Kier alpha value is -2.26. The Kier molecular flexibility index (Phi) is 5.67. The molecular formula is C21H24BrN5O2S. The standard InChI is InChI=1S/C21H24BrN5O2S/c1-12-15-16(30-17(12)22)19(26-18(25-15)13-5-8-23-9-6-13)24-14-7-10-27(11-14)20(28)29-21(2,3)4/h5-6,8-9,14H,7,10-11H2,1-4H3,(H,24,25,26). The van der Waals surface area contributed by atoms with Crippen LogP contribution in [-0.2, 0) is 4.74 Å². The number of nitrogens with one attached hydrogen (secondary N) is 1. The third kappa shape index (κ3) is 4.41. The molecule has 9 heteroatoms. The van der Waals surface area contributed by atoms with Crippen molar-refractivity contribution in [2.45, 2.75) is 45.8 Å². The van der Waals surface area contributed by atoms with Crippen LogP contribution in [0.4, 0.5) is 10.6 Å². The van der Waals surface area contributed by atoms with Crippen LogP contribution in [0.15, 0.2) is 28.3 Å². The molecule has 158 valence electrons. The van der Waals surface area contributed by atoms with Gasteiger partial charge < -0.3 is 15.0 Å². The number of carbonyl (C=O) groups is 1. The molecule has 1 aliphatic rings. The van der Waals surface area contributed by atoms with Crippen LogP contribution in [0.3, 0.4) is 0 Å². The highest BCUT2D eigenvalue weighted by atomic mass is 79.9. The quantitative estimate of drug-likeness (QED) is 0.541. The van der Waals surface area contributed by atoms with Gasteiger partial charge in [0.15, 0.2) is 5.82 Å². The van der Waals surface area contributed by atoms with Gasteiger partial charge in [-0.05, 0) is 62.2 Å². The van der Waals surface area contributed by atoms with E-state index in [0.717, 1.165) is 37.4 Å². The van der Waals surface area contributed by atoms with Crippen molar-refractivity contribution in [2.75, 3.05) is 18.4 Å². The summed E-state index contributed by atoms with van der Waals surface area (Å²) in [6, 6.07) is 3.91. The van der Waals surface area contributed by atoms with Gasteiger partial charge in [-0.1, -0.05) is 0 Å². The van der Waals surface area contributed by atoms with Gasteiger partial charge in [0.05, 0.1) is 14.0 Å². The molecule has 4 rings (SSSR count). The lowest BCUT2D eigenvalue weighted by atomic mass is 10.2. The number of pyridine rings is 1. The number of halogens is 1. The van der Waals surface area contributed by atoms with E-state index in [1.807, 2.05) is 32.9 Å². The number of amides is 1. The molecule has 1 atom stereocenters. The molecule has 1 aliphatic heterocycles. The third-order valence-electron chi connectivity index (χ3n) is 4.83. The largest absolute Gasteiger partial charge is 0.444 e. The number of likely N-dealkylation sites (tertiary alicyclic amines) is 1. The summed E-state index contributed by atoms with van der Waals surface area (Å²) in [4.78, 5) is 27.9. The van der Waals surface area contributed by atoms with Gasteiger partial charge in [-0.3, -0.25) is 4.98 Å². The minimum absolute atomic E-state index is 0.0992. The number of anilines is 1. The zero-order valence-electron chi connectivity index (χ0n) is 17.4. The lowest BCUT2D eigenvalue weighted by Gasteiger charge is -2.24. The Labute approximate surface area is 188 Å². The molecule has 0 aromatic carbocycles. The van der Waals surface area contributed by atoms with Gasteiger partial charge >= 0.3 is 6.09 Å². The number of hydrogen-bond acceptors (Lipinski definition) is 7. The van der Waals surface area contributed by atoms with Crippen molar-refractivity contribution in [1.29, 1.82) is 0 Å². The number of aryl methyl sites for hydroxylation is 1. The van der Waals surface area contributed by atoms with E-state index in [9.17, 15) is 4.79 Å². The minimum atomic E-state index is -0.498. The van der Waals surface area contributed by atoms with E-state index in [0.29, 0.717) is 18.9 Å². The van der Waals surface area contributed by atoms with Crippen LogP contribution < -0.4 is 5.32 Å². The van der Waals surface area contributed by atoms with Crippen molar-refractivity contribution < 1.29 is 9.53 Å². The molecule has 3 aromatic heterocycles. The second-order valence-electron chi connectivity index (χ2n) is 8.37. The van der Waals surface area contributed by atoms with Gasteiger partial charge in [0, 0.05) is 42.7 Å². The number of fused-ring (bicyclic) bond motifs is 1. The summed E-state index contributed by atoms with van der Waals surface area (Å²) in [5.41, 5.74) is 2.44. The molecule has 1 saturated heterocycles. The Bertz CT molecular complexity index is 1080. The van der Waals surface area contributed by atoms with Crippen LogP contribution in [0.5, 0.6) is 0 Å². The first-order valence-corrected chi connectivity index (χ1v) is 11.4. The van der Waals surface area contributed by atoms with E-state index >= 15 is 0 Å². The predicted octanol–water partition coefficient (Wildman–Crippen LogP) is 5.25. The molecule has 0 radical (unpaired) electrons. The van der Waals surface area contributed by atoms with Crippen molar-refractivity contribution in [2.24, 2.45) is 0 Å². The third-order valence-corrected chi connectivity index (χ3v) is 6.98. The van der Waals surface area contributed by atoms with E-state index < -0.39 is 5.60 Å². The summed E-state index contributed by atoms with van der Waals surface area (Å²) in [6.45, 7) is 8.93. The summed E-state index contributed by atoms with van der Waals surface area (Å²) in [5, 5.41) is 3.56. The Morgan fingerprint density at radius 3 is 2.73 bits per heavy atom. The highest BCUT2D eigenvalue weighted by Gasteiger charge is 2.30. The van der Waals surface area contributed by atoms with E-state index in [1.165, 1.54) is 0 Å². The molecule has 4 heterocycles. The highest BCUT2D eigenvalue weighted by Crippen LogP contribution is 2.38. The first kappa shape index (κ1) is 21.0. The highest BCUT2D eigenvalue weighted by molar-refractivity contribution is 9.11. The van der Waals surface area contributed by atoms with E-state index in [-0.39, 0.29) is 12.1 Å². The van der Waals surface area contributed by atoms with Crippen molar-refractivity contribution in [3.05, 3.63) is 33.9 Å². The molecule has 1 fully saturated rings. The Morgan fingerprint density at radius 1 is 1.30 bits per heavy atom. The number of ether oxygens (including phenoxy) is 1. The molecule has 1 unspecified atom stereocenters. The van der Waals surface area contributed by atoms with Gasteiger partial charge in [0.2, 0.25) is 0 Å². The fourth-order valence-electron chi connectivity index (χ4n) is 3.35. The van der Waals surface area contributed by atoms with Gasteiger partial charge in [0.1, 0.15) is 11.4 Å². The average Bonchev–Trinajstić information content (AvgIpc) is 3.27. The fraction of sp³-hybridized carbons (Fsp3) is 0.429. The first-order valence-electron chi connectivity index (χ1n) is 9.83. The normalized spacial score (nSPS) is 16.8. The lowest BCUT2D eigenvalue weighted by molar-refractivity contribution is 0.0293. The van der Waals surface area contributed by atoms with Crippen LogP contribution >= 0.6 is 27.3 Å². The Balaban J connectivity index is 1.61. The zero-order chi connectivity index (χ0) is 21.5. The van der Waals surface area contributed by atoms with Crippen molar-refractivity contribution in [1.82, 2.24) is 19.9 Å². The average molecular weight is 490 g/mol. The number of aromatic nitrogens is 3. The molecule has 0 saturated carbocycles. The molecule has 1 amide bonds. The smallest absolute Gasteiger partial charge is 0.410 e. The minimum Gasteiger partial charge on any atom is -0.444 e. The molecule has 0 bridgehead atoms. The van der Waals surface area contributed by atoms with Crippen molar-refractivity contribution >= 4 is 49.4 Å². The second-order valence-corrected chi connectivity index (χ2v) is 10.7. The van der Waals surface area contributed by atoms with Crippen molar-refractivity contribution in [3.8, 4) is 11.4 Å². The zero-order valence-corrected chi connectivity index (χ0v) is 19.8. The van der Waals surface area contributed by atoms with Crippen LogP contribution in [0, 0.1) is 6.92 Å². The van der Waals surface area contributed by atoms with Crippen molar-refractivity contribution in [3.63, 3.8) is 0 Å². The van der Waals surface area contributed by atoms with Crippen LogP contribution in [-0.4, -0.2) is 50.7 Å². The maximum atomic E-state index is 12.4. The topological polar surface area (TPSA) is 80.2 Å². The van der Waals surface area contributed by atoms with E-state index in [2.05, 4.69) is 33.2 Å². The molecule has 1 N–H and O–H groups in total. The molecule has 0 aliphatic carbocycles. The monoisotopic (exact) mass is 489 g/mol. The number of hydrogen-bond donors (Lipinski definition) is 1. The summed E-state index contributed by atoms with van der Waals surface area (Å²) >= 11 is 5.26. The van der Waals surface area contributed by atoms with E-state index in [4.69, 9.17) is 14.7 Å². The number of nitrogens with zero attached hydrogens (tertiary/aromatic N) is 4. The first-order chi connectivity index (χ1) is 14.2. The molecule has 0 spiro atoms. The second kappa shape index (κ2) is 8.11. The fourth-order valence-corrected chi connectivity index (χ4v) is 4.95. The number of thiophene rings is 1. The number of carbonyl (C=O) groups excluding carboxylic acids is 1. The van der Waals surface area contributed by atoms with Gasteiger partial charge in [-0.15, -0.1) is 11.3 Å². The lowest BCUT2D eigenvalue weighted by Crippen LogP contribution is -2.36. The van der Waals surface area contributed by atoms with Gasteiger partial charge in [-0.25, -0.2) is 14.8 Å². The summed E-state index contributed by atoms with van der Waals surface area (Å²) in [6.07, 6.45) is 4.04. The van der Waals surface area contributed by atoms with Crippen LogP contribution in [0.2, 0.25) is 0 Å². The SMILES string of the molecule is Cc1c(Br)sc2c(NC3CCN(C(=O)OC(C)(C)C)C3)nc(-c3ccncc3)nc12. The molecule has 3 aromatic rings. The van der Waals surface area contributed by atoms with Crippen LogP contribution in [0.25, 0.3) is 21.6 Å². The Morgan fingerprint density at radius 2 is 2.03 bits per heavy atom. The molecule has 7 nitrogen and oxygen atoms in total.